The van der Waals surface area contributed by atoms with Crippen LogP contribution in [-0.4, -0.2) is 60.6 Å². The second-order valence-corrected chi connectivity index (χ2v) is 6.09. The highest BCUT2D eigenvalue weighted by molar-refractivity contribution is 6.05. The highest BCUT2D eigenvalue weighted by Crippen LogP contribution is 2.13. The molecule has 0 atom stereocenters. The quantitative estimate of drug-likeness (QED) is 0.793. The van der Waals surface area contributed by atoms with Crippen molar-refractivity contribution in [3.63, 3.8) is 0 Å². The summed E-state index contributed by atoms with van der Waals surface area (Å²) in [6.45, 7) is 4.09. The summed E-state index contributed by atoms with van der Waals surface area (Å²) >= 11 is 0. The molecule has 0 aliphatic carbocycles. The van der Waals surface area contributed by atoms with Crippen molar-refractivity contribution < 1.29 is 23.9 Å². The Labute approximate surface area is 162 Å². The number of esters is 1. The first-order chi connectivity index (χ1) is 13.6. The summed E-state index contributed by atoms with van der Waals surface area (Å²) in [5.74, 6) is -1.02. The minimum atomic E-state index is -0.444. The molecule has 8 nitrogen and oxygen atoms in total. The number of hydrogen-bond acceptors (Lipinski definition) is 6. The minimum Gasteiger partial charge on any atom is -0.462 e. The van der Waals surface area contributed by atoms with Crippen LogP contribution in [0.5, 0.6) is 0 Å². The molecule has 1 N–H and O–H groups in total. The van der Waals surface area contributed by atoms with Crippen molar-refractivity contribution in [3.05, 3.63) is 59.4 Å². The van der Waals surface area contributed by atoms with E-state index in [-0.39, 0.29) is 11.6 Å². The van der Waals surface area contributed by atoms with Crippen LogP contribution < -0.4 is 5.32 Å². The number of pyridine rings is 1. The molecule has 146 valence electrons. The van der Waals surface area contributed by atoms with Gasteiger partial charge < -0.3 is 19.7 Å². The average molecular weight is 383 g/mol. The Kier molecular flexibility index (Phi) is 6.33. The number of anilines is 1. The van der Waals surface area contributed by atoms with Gasteiger partial charge in [0, 0.05) is 30.5 Å². The molecule has 1 aliphatic rings. The van der Waals surface area contributed by atoms with Gasteiger partial charge in [0.2, 0.25) is 0 Å². The third kappa shape index (κ3) is 4.72. The molecule has 0 radical (unpaired) electrons. The standard InChI is InChI=1S/C20H21N3O5/c1-2-28-20(26)14-3-5-16(6-4-14)22-18(24)17-13-15(7-8-21-17)19(25)23-9-11-27-12-10-23/h3-8,13H,2,9-12H2,1H3,(H,22,24). The number of benzene rings is 1. The lowest BCUT2D eigenvalue weighted by Gasteiger charge is -2.26. The Morgan fingerprint density at radius 2 is 1.82 bits per heavy atom. The van der Waals surface area contributed by atoms with Gasteiger partial charge in [0.15, 0.2) is 0 Å². The van der Waals surface area contributed by atoms with Crippen molar-refractivity contribution in [3.8, 4) is 0 Å². The molecule has 1 saturated heterocycles. The SMILES string of the molecule is CCOC(=O)c1ccc(NC(=O)c2cc(C(=O)N3CCOCC3)ccn2)cc1. The van der Waals surface area contributed by atoms with Crippen LogP contribution in [0.2, 0.25) is 0 Å². The van der Waals surface area contributed by atoms with Gasteiger partial charge in [-0.3, -0.25) is 14.6 Å². The molecular formula is C20H21N3O5. The third-order valence-electron chi connectivity index (χ3n) is 4.19. The van der Waals surface area contributed by atoms with Crippen LogP contribution in [0.3, 0.4) is 0 Å². The van der Waals surface area contributed by atoms with E-state index < -0.39 is 11.9 Å². The van der Waals surface area contributed by atoms with Crippen LogP contribution in [0.15, 0.2) is 42.6 Å². The molecule has 1 aliphatic heterocycles. The van der Waals surface area contributed by atoms with Crippen LogP contribution >= 0.6 is 0 Å². The molecule has 8 heteroatoms. The number of nitrogens with zero attached hydrogens (tertiary/aromatic N) is 2. The monoisotopic (exact) mass is 383 g/mol. The number of morpholine rings is 1. The summed E-state index contributed by atoms with van der Waals surface area (Å²) in [7, 11) is 0. The minimum absolute atomic E-state index is 0.133. The van der Waals surface area contributed by atoms with E-state index in [2.05, 4.69) is 10.3 Å². The van der Waals surface area contributed by atoms with Gasteiger partial charge in [0.05, 0.1) is 25.4 Å². The van der Waals surface area contributed by atoms with Gasteiger partial charge in [-0.25, -0.2) is 4.79 Å². The zero-order chi connectivity index (χ0) is 19.9. The molecule has 2 aromatic rings. The van der Waals surface area contributed by atoms with Crippen molar-refractivity contribution in [1.29, 1.82) is 0 Å². The molecule has 2 heterocycles. The van der Waals surface area contributed by atoms with E-state index in [4.69, 9.17) is 9.47 Å². The highest BCUT2D eigenvalue weighted by Gasteiger charge is 2.20. The molecule has 0 saturated carbocycles. The molecule has 1 aromatic carbocycles. The maximum atomic E-state index is 12.6. The van der Waals surface area contributed by atoms with E-state index in [0.29, 0.717) is 49.7 Å². The Morgan fingerprint density at radius 3 is 2.50 bits per heavy atom. The zero-order valence-corrected chi connectivity index (χ0v) is 15.5. The van der Waals surface area contributed by atoms with E-state index in [1.807, 2.05) is 0 Å². The summed E-state index contributed by atoms with van der Waals surface area (Å²) in [5, 5.41) is 2.70. The van der Waals surface area contributed by atoms with Crippen LogP contribution in [0, 0.1) is 0 Å². The number of aromatic nitrogens is 1. The Balaban J connectivity index is 1.67. The fraction of sp³-hybridized carbons (Fsp3) is 0.300. The van der Waals surface area contributed by atoms with Crippen molar-refractivity contribution in [1.82, 2.24) is 9.88 Å². The van der Waals surface area contributed by atoms with Crippen LogP contribution in [0.4, 0.5) is 5.69 Å². The van der Waals surface area contributed by atoms with Gasteiger partial charge in [0.1, 0.15) is 5.69 Å². The van der Waals surface area contributed by atoms with Crippen LogP contribution in [-0.2, 0) is 9.47 Å². The fourth-order valence-corrected chi connectivity index (χ4v) is 2.74. The lowest BCUT2D eigenvalue weighted by Crippen LogP contribution is -2.40. The summed E-state index contributed by atoms with van der Waals surface area (Å²) in [6, 6.07) is 9.40. The molecule has 0 spiro atoms. The molecule has 0 bridgehead atoms. The summed E-state index contributed by atoms with van der Waals surface area (Å²) in [4.78, 5) is 42.4. The predicted molar refractivity (Wildman–Crippen MR) is 101 cm³/mol. The smallest absolute Gasteiger partial charge is 0.338 e. The van der Waals surface area contributed by atoms with E-state index in [1.54, 1.807) is 42.2 Å². The maximum Gasteiger partial charge on any atom is 0.338 e. The number of hydrogen-bond donors (Lipinski definition) is 1. The Morgan fingerprint density at radius 1 is 1.11 bits per heavy atom. The topological polar surface area (TPSA) is 97.8 Å². The van der Waals surface area contributed by atoms with Crippen molar-refractivity contribution >= 4 is 23.5 Å². The van der Waals surface area contributed by atoms with Crippen molar-refractivity contribution in [2.45, 2.75) is 6.92 Å². The first kappa shape index (κ1) is 19.5. The molecule has 3 rings (SSSR count). The number of carbonyl (C=O) groups excluding carboxylic acids is 3. The fourth-order valence-electron chi connectivity index (χ4n) is 2.74. The Hall–Kier alpha value is -3.26. The number of rotatable bonds is 5. The maximum absolute atomic E-state index is 12.6. The molecule has 0 unspecified atom stereocenters. The number of amides is 2. The molecule has 2 amide bonds. The molecule has 1 fully saturated rings. The van der Waals surface area contributed by atoms with Gasteiger partial charge in [-0.15, -0.1) is 0 Å². The number of ether oxygens (including phenoxy) is 2. The van der Waals surface area contributed by atoms with E-state index in [0.717, 1.165) is 0 Å². The first-order valence-electron chi connectivity index (χ1n) is 9.00. The highest BCUT2D eigenvalue weighted by atomic mass is 16.5. The summed E-state index contributed by atoms with van der Waals surface area (Å²) < 4.78 is 10.2. The predicted octanol–water partition coefficient (Wildman–Crippen LogP) is 1.98. The normalized spacial score (nSPS) is 13.7. The molecule has 28 heavy (non-hydrogen) atoms. The largest absolute Gasteiger partial charge is 0.462 e. The summed E-state index contributed by atoms with van der Waals surface area (Å²) in [6.07, 6.45) is 1.44. The van der Waals surface area contributed by atoms with Crippen molar-refractivity contribution in [2.75, 3.05) is 38.2 Å². The van der Waals surface area contributed by atoms with E-state index in [1.165, 1.54) is 12.3 Å². The van der Waals surface area contributed by atoms with Crippen LogP contribution in [0.1, 0.15) is 38.1 Å². The molecule has 1 aromatic heterocycles. The van der Waals surface area contributed by atoms with Gasteiger partial charge in [-0.05, 0) is 43.3 Å². The Bertz CT molecular complexity index is 860. The van der Waals surface area contributed by atoms with Gasteiger partial charge in [-0.2, -0.15) is 0 Å². The van der Waals surface area contributed by atoms with Gasteiger partial charge in [0.25, 0.3) is 11.8 Å². The molecular weight excluding hydrogens is 362 g/mol. The lowest BCUT2D eigenvalue weighted by molar-refractivity contribution is 0.0302. The number of nitrogens with one attached hydrogen (secondary N) is 1. The number of carbonyl (C=O) groups is 3. The van der Waals surface area contributed by atoms with Crippen LogP contribution in [0.25, 0.3) is 0 Å². The zero-order valence-electron chi connectivity index (χ0n) is 15.5. The van der Waals surface area contributed by atoms with Crippen molar-refractivity contribution in [2.24, 2.45) is 0 Å². The third-order valence-corrected chi connectivity index (χ3v) is 4.19. The average Bonchev–Trinajstić information content (AvgIpc) is 2.74. The van der Waals surface area contributed by atoms with Gasteiger partial charge >= 0.3 is 5.97 Å². The second-order valence-electron chi connectivity index (χ2n) is 6.09. The van der Waals surface area contributed by atoms with Gasteiger partial charge in [-0.1, -0.05) is 0 Å². The lowest BCUT2D eigenvalue weighted by atomic mass is 10.1. The van der Waals surface area contributed by atoms with E-state index in [9.17, 15) is 14.4 Å². The van der Waals surface area contributed by atoms with E-state index >= 15 is 0 Å². The second kappa shape index (κ2) is 9.09. The first-order valence-corrected chi connectivity index (χ1v) is 9.00. The summed E-state index contributed by atoms with van der Waals surface area (Å²) in [5.41, 5.74) is 1.44.